The van der Waals surface area contributed by atoms with E-state index in [-0.39, 0.29) is 6.71 Å². The van der Waals surface area contributed by atoms with E-state index in [2.05, 4.69) is 125 Å². The molecule has 0 spiro atoms. The Morgan fingerprint density at radius 2 is 1.39 bits per heavy atom. The van der Waals surface area contributed by atoms with Crippen LogP contribution in [0.1, 0.15) is 30.5 Å². The van der Waals surface area contributed by atoms with Crippen molar-refractivity contribution < 1.29 is 0 Å². The van der Waals surface area contributed by atoms with E-state index >= 15 is 0 Å². The summed E-state index contributed by atoms with van der Waals surface area (Å²) in [6, 6.07) is 43.5. The number of aromatic nitrogens is 1. The molecule has 4 heteroatoms. The van der Waals surface area contributed by atoms with E-state index in [0.717, 1.165) is 6.42 Å². The van der Waals surface area contributed by atoms with Crippen LogP contribution in [0.4, 0.5) is 17.1 Å². The zero-order valence-corrected chi connectivity index (χ0v) is 24.6. The molecule has 0 N–H and O–H groups in total. The number of fused-ring (bicyclic) bond motifs is 7. The standard InChI is InChI=1S/C37H29BN2Se/c1-3-12-25(13-4-1)39-33-19-11-21-36-37(33)38(30-16-8-10-20-35(30)41-36)29-23-22-26(24-34(29)39)40-31-17-6-2-5-14-27(31)28-15-7-9-18-32(28)40/h1,3-4,7-13,15-16,18-24H,2,5-6,14,17H2. The molecule has 0 atom stereocenters. The van der Waals surface area contributed by atoms with Gasteiger partial charge in [-0.25, -0.2) is 0 Å². The van der Waals surface area contributed by atoms with Gasteiger partial charge in [0.1, 0.15) is 0 Å². The van der Waals surface area contributed by atoms with Gasteiger partial charge in [0.25, 0.3) is 0 Å². The third kappa shape index (κ3) is 3.51. The molecule has 0 bridgehead atoms. The van der Waals surface area contributed by atoms with Crippen molar-refractivity contribution in [2.24, 2.45) is 0 Å². The van der Waals surface area contributed by atoms with Gasteiger partial charge >= 0.3 is 249 Å². The molecule has 0 fully saturated rings. The topological polar surface area (TPSA) is 8.17 Å². The summed E-state index contributed by atoms with van der Waals surface area (Å²) in [5.74, 6) is 0. The maximum absolute atomic E-state index is 2.59. The van der Waals surface area contributed by atoms with Gasteiger partial charge in [-0.05, 0) is 0 Å². The average molecular weight is 591 g/mol. The van der Waals surface area contributed by atoms with Crippen molar-refractivity contribution in [2.75, 3.05) is 4.90 Å². The Hall–Kier alpha value is -3.98. The fourth-order valence-corrected chi connectivity index (χ4v) is 10.0. The molecule has 196 valence electrons. The number of anilines is 3. The Morgan fingerprint density at radius 1 is 0.585 bits per heavy atom. The Kier molecular flexibility index (Phi) is 5.36. The molecule has 3 aliphatic rings. The fourth-order valence-electron chi connectivity index (χ4n) is 7.58. The molecule has 0 saturated carbocycles. The minimum absolute atomic E-state index is 0.260. The van der Waals surface area contributed by atoms with Crippen molar-refractivity contribution in [2.45, 2.75) is 32.1 Å². The van der Waals surface area contributed by atoms with Crippen LogP contribution >= 0.6 is 0 Å². The van der Waals surface area contributed by atoms with Crippen LogP contribution < -0.4 is 30.2 Å². The summed E-state index contributed by atoms with van der Waals surface area (Å²) in [6.07, 6.45) is 6.20. The molecule has 41 heavy (non-hydrogen) atoms. The first-order valence-electron chi connectivity index (χ1n) is 14.9. The van der Waals surface area contributed by atoms with Crippen LogP contribution in [0.15, 0.2) is 115 Å². The van der Waals surface area contributed by atoms with E-state index in [1.165, 1.54) is 90.3 Å². The van der Waals surface area contributed by atoms with Gasteiger partial charge in [0.2, 0.25) is 0 Å². The van der Waals surface area contributed by atoms with Crippen LogP contribution in [-0.4, -0.2) is 26.2 Å². The molecular weight excluding hydrogens is 562 g/mol. The third-order valence-corrected chi connectivity index (χ3v) is 11.7. The van der Waals surface area contributed by atoms with E-state index in [9.17, 15) is 0 Å². The molecule has 1 aliphatic carbocycles. The van der Waals surface area contributed by atoms with Crippen LogP contribution in [-0.2, 0) is 12.8 Å². The molecule has 2 nitrogen and oxygen atoms in total. The summed E-state index contributed by atoms with van der Waals surface area (Å²) in [5, 5.41) is 1.43. The number of nitrogens with zero attached hydrogens (tertiary/aromatic N) is 2. The summed E-state index contributed by atoms with van der Waals surface area (Å²) < 4.78 is 5.61. The fraction of sp³-hybridized carbons (Fsp3) is 0.135. The van der Waals surface area contributed by atoms with Crippen molar-refractivity contribution in [3.05, 3.63) is 127 Å². The van der Waals surface area contributed by atoms with Gasteiger partial charge in [-0.3, -0.25) is 0 Å². The van der Waals surface area contributed by atoms with Gasteiger partial charge in [-0.1, -0.05) is 0 Å². The molecule has 6 aromatic rings. The van der Waals surface area contributed by atoms with Crippen LogP contribution in [0.2, 0.25) is 0 Å². The minimum atomic E-state index is 0.260. The predicted octanol–water partition coefficient (Wildman–Crippen LogP) is 5.17. The molecule has 9 rings (SSSR count). The first-order valence-corrected chi connectivity index (χ1v) is 16.6. The first kappa shape index (κ1) is 23.7. The second-order valence-corrected chi connectivity index (χ2v) is 13.8. The Bertz CT molecular complexity index is 1980. The molecule has 2 aliphatic heterocycles. The third-order valence-electron chi connectivity index (χ3n) is 9.29. The molecule has 0 saturated heterocycles. The Labute approximate surface area is 247 Å². The van der Waals surface area contributed by atoms with Gasteiger partial charge in [-0.15, -0.1) is 0 Å². The number of rotatable bonds is 2. The zero-order valence-electron chi connectivity index (χ0n) is 22.9. The van der Waals surface area contributed by atoms with Crippen molar-refractivity contribution in [3.63, 3.8) is 0 Å². The molecule has 3 heterocycles. The van der Waals surface area contributed by atoms with Crippen LogP contribution in [0.5, 0.6) is 0 Å². The SMILES string of the molecule is c1ccc(N2c3cc(-n4c5c(c6ccccc64)CCCCC5)ccc3B3c4ccccc4[Se]c4cccc2c43)cc1. The summed E-state index contributed by atoms with van der Waals surface area (Å²) in [7, 11) is 0. The van der Waals surface area contributed by atoms with Gasteiger partial charge in [0.15, 0.2) is 0 Å². The summed E-state index contributed by atoms with van der Waals surface area (Å²) in [4.78, 5) is 2.53. The zero-order chi connectivity index (χ0) is 26.9. The number of benzene rings is 5. The van der Waals surface area contributed by atoms with E-state index in [4.69, 9.17) is 0 Å². The van der Waals surface area contributed by atoms with Crippen molar-refractivity contribution in [1.82, 2.24) is 4.57 Å². The second kappa shape index (κ2) is 9.28. The van der Waals surface area contributed by atoms with Crippen LogP contribution in [0.25, 0.3) is 16.6 Å². The maximum atomic E-state index is 2.59. The molecule has 1 aromatic heterocycles. The Morgan fingerprint density at radius 3 is 2.34 bits per heavy atom. The van der Waals surface area contributed by atoms with Gasteiger partial charge in [0.05, 0.1) is 0 Å². The van der Waals surface area contributed by atoms with E-state index in [1.807, 2.05) is 0 Å². The molecule has 0 unspecified atom stereocenters. The summed E-state index contributed by atoms with van der Waals surface area (Å²) in [5.41, 5.74) is 13.9. The normalized spacial score (nSPS) is 15.1. The Balaban J connectivity index is 1.34. The molecule has 0 amide bonds. The monoisotopic (exact) mass is 592 g/mol. The van der Waals surface area contributed by atoms with Crippen molar-refractivity contribution in [1.29, 1.82) is 0 Å². The molecule has 0 radical (unpaired) electrons. The van der Waals surface area contributed by atoms with Gasteiger partial charge in [0, 0.05) is 0 Å². The van der Waals surface area contributed by atoms with Crippen molar-refractivity contribution >= 4 is 74.9 Å². The predicted molar refractivity (Wildman–Crippen MR) is 175 cm³/mol. The molecular formula is C37H29BN2Se. The summed E-state index contributed by atoms with van der Waals surface area (Å²) >= 11 is 0.305. The van der Waals surface area contributed by atoms with Gasteiger partial charge < -0.3 is 0 Å². The number of hydrogen-bond acceptors (Lipinski definition) is 1. The number of hydrogen-bond donors (Lipinski definition) is 0. The van der Waals surface area contributed by atoms with Gasteiger partial charge in [-0.2, -0.15) is 0 Å². The van der Waals surface area contributed by atoms with E-state index in [1.54, 1.807) is 5.56 Å². The van der Waals surface area contributed by atoms with E-state index in [0.29, 0.717) is 15.0 Å². The molecule has 5 aromatic carbocycles. The first-order chi connectivity index (χ1) is 20.4. The number of para-hydroxylation sites is 2. The van der Waals surface area contributed by atoms with Crippen LogP contribution in [0.3, 0.4) is 0 Å². The van der Waals surface area contributed by atoms with Crippen molar-refractivity contribution in [3.8, 4) is 5.69 Å². The average Bonchev–Trinajstić information content (AvgIpc) is 3.15. The second-order valence-electron chi connectivity index (χ2n) is 11.5. The van der Waals surface area contributed by atoms with Crippen LogP contribution in [0, 0.1) is 0 Å². The summed E-state index contributed by atoms with van der Waals surface area (Å²) in [6.45, 7) is 0.260. The van der Waals surface area contributed by atoms with E-state index < -0.39 is 0 Å². The number of aryl methyl sites for hydroxylation is 1. The quantitative estimate of drug-likeness (QED) is 0.199.